The van der Waals surface area contributed by atoms with E-state index in [1.54, 1.807) is 6.92 Å². The highest BCUT2D eigenvalue weighted by atomic mass is 35.5. The normalized spacial score (nSPS) is 11.8. The van der Waals surface area contributed by atoms with Gasteiger partial charge in [-0.1, -0.05) is 35.1 Å². The van der Waals surface area contributed by atoms with Crippen LogP contribution >= 0.6 is 22.9 Å². The van der Waals surface area contributed by atoms with Gasteiger partial charge < -0.3 is 4.74 Å². The number of aromatic amines is 1. The molecule has 1 N–H and O–H groups in total. The van der Waals surface area contributed by atoms with E-state index in [1.807, 2.05) is 24.3 Å². The molecule has 4 rings (SSSR count). The summed E-state index contributed by atoms with van der Waals surface area (Å²) in [5, 5.41) is 3.35. The second kappa shape index (κ2) is 8.44. The van der Waals surface area contributed by atoms with E-state index in [0.717, 1.165) is 10.2 Å². The molecule has 0 amide bonds. The van der Waals surface area contributed by atoms with Crippen LogP contribution < -0.4 is 5.56 Å². The maximum absolute atomic E-state index is 13.8. The van der Waals surface area contributed by atoms with Gasteiger partial charge in [-0.05, 0) is 31.2 Å². The Kier molecular flexibility index (Phi) is 5.71. The van der Waals surface area contributed by atoms with Crippen LogP contribution in [-0.4, -0.2) is 33.6 Å². The first-order valence-electron chi connectivity index (χ1n) is 9.14. The summed E-state index contributed by atoms with van der Waals surface area (Å²) in [6.45, 7) is 1.61. The summed E-state index contributed by atoms with van der Waals surface area (Å²) in [5.74, 6) is -1.14. The zero-order valence-corrected chi connectivity index (χ0v) is 18.1. The number of hydrogen-bond donors (Lipinski definition) is 1. The number of para-hydroxylation sites is 1. The highest BCUT2D eigenvalue weighted by molar-refractivity contribution is 7.20. The van der Waals surface area contributed by atoms with E-state index >= 15 is 0 Å². The van der Waals surface area contributed by atoms with Crippen LogP contribution in [0.25, 0.3) is 15.3 Å². The fourth-order valence-corrected chi connectivity index (χ4v) is 4.14. The molecule has 0 radical (unpaired) electrons. The lowest BCUT2D eigenvalue weighted by molar-refractivity contribution is -0.139. The molecule has 0 atom stereocenters. The third kappa shape index (κ3) is 4.14. The molecule has 0 fully saturated rings. The third-order valence-electron chi connectivity index (χ3n) is 4.55. The zero-order valence-electron chi connectivity index (χ0n) is 16.5. The van der Waals surface area contributed by atoms with Crippen molar-refractivity contribution in [2.75, 3.05) is 7.11 Å². The number of hydrogen-bond acceptors (Lipinski definition) is 6. The SMILES string of the molecule is COC(=O)Cc1[nH]n(-c2nc3ccccc3s2)c(=O)c1C(C)=Nc1ccc(Cl)c(F)c1. The van der Waals surface area contributed by atoms with E-state index in [4.69, 9.17) is 16.3 Å². The van der Waals surface area contributed by atoms with E-state index in [9.17, 15) is 14.0 Å². The molecule has 0 unspecified atom stereocenters. The lowest BCUT2D eigenvalue weighted by atomic mass is 10.1. The van der Waals surface area contributed by atoms with E-state index in [0.29, 0.717) is 16.5 Å². The van der Waals surface area contributed by atoms with Crippen molar-refractivity contribution in [3.05, 3.63) is 74.9 Å². The Morgan fingerprint density at radius 1 is 1.32 bits per heavy atom. The van der Waals surface area contributed by atoms with Crippen molar-refractivity contribution in [2.24, 2.45) is 4.99 Å². The van der Waals surface area contributed by atoms with E-state index in [2.05, 4.69) is 15.1 Å². The number of esters is 1. The summed E-state index contributed by atoms with van der Waals surface area (Å²) in [7, 11) is 1.27. The fraction of sp³-hybridized carbons (Fsp3) is 0.143. The topological polar surface area (TPSA) is 89.3 Å². The largest absolute Gasteiger partial charge is 0.469 e. The van der Waals surface area contributed by atoms with Crippen LogP contribution in [0.4, 0.5) is 10.1 Å². The molecular formula is C21H16ClFN4O3S. The minimum Gasteiger partial charge on any atom is -0.469 e. The number of rotatable bonds is 5. The van der Waals surface area contributed by atoms with Gasteiger partial charge in [-0.25, -0.2) is 9.37 Å². The number of nitrogens with one attached hydrogen (secondary N) is 1. The zero-order chi connectivity index (χ0) is 22.1. The molecule has 0 aliphatic rings. The Morgan fingerprint density at radius 3 is 2.81 bits per heavy atom. The van der Waals surface area contributed by atoms with Gasteiger partial charge in [-0.3, -0.25) is 19.7 Å². The summed E-state index contributed by atoms with van der Waals surface area (Å²) in [4.78, 5) is 34.0. The molecule has 31 heavy (non-hydrogen) atoms. The number of halogens is 2. The monoisotopic (exact) mass is 458 g/mol. The van der Waals surface area contributed by atoms with Gasteiger partial charge in [-0.2, -0.15) is 4.68 Å². The number of thiazole rings is 1. The summed E-state index contributed by atoms with van der Waals surface area (Å²) in [6, 6.07) is 11.6. The molecule has 0 saturated heterocycles. The molecule has 7 nitrogen and oxygen atoms in total. The fourth-order valence-electron chi connectivity index (χ4n) is 3.09. The number of H-pyrrole nitrogens is 1. The Balaban J connectivity index is 1.85. The number of carbonyl (C=O) groups is 1. The third-order valence-corrected chi connectivity index (χ3v) is 5.88. The molecule has 158 valence electrons. The van der Waals surface area contributed by atoms with Crippen LogP contribution in [0.2, 0.25) is 5.02 Å². The number of aliphatic imine (C=N–C) groups is 1. The Labute approximate surface area is 184 Å². The second-order valence-corrected chi connectivity index (χ2v) is 8.03. The standard InChI is InChI=1S/C21H16ClFN4O3S/c1-11(24-12-7-8-13(22)14(23)9-12)19-16(10-18(28)30-2)26-27(20(19)29)21-25-15-5-3-4-6-17(15)31-21/h3-9,26H,10H2,1-2H3. The Morgan fingerprint density at radius 2 is 2.10 bits per heavy atom. The molecule has 0 aliphatic carbocycles. The van der Waals surface area contributed by atoms with Crippen molar-refractivity contribution in [3.8, 4) is 5.13 Å². The summed E-state index contributed by atoms with van der Waals surface area (Å²) >= 11 is 7.05. The molecule has 4 aromatic rings. The Hall–Kier alpha value is -3.30. The Bertz CT molecular complexity index is 1360. The first-order chi connectivity index (χ1) is 14.9. The molecule has 0 spiro atoms. The molecular weight excluding hydrogens is 443 g/mol. The van der Waals surface area contributed by atoms with Crippen molar-refractivity contribution in [2.45, 2.75) is 13.3 Å². The van der Waals surface area contributed by atoms with Crippen LogP contribution in [0.15, 0.2) is 52.3 Å². The molecule has 0 saturated carbocycles. The smallest absolute Gasteiger partial charge is 0.311 e. The highest BCUT2D eigenvalue weighted by Crippen LogP contribution is 2.25. The average Bonchev–Trinajstić information content (AvgIpc) is 3.31. The first kappa shape index (κ1) is 21.0. The average molecular weight is 459 g/mol. The molecule has 10 heteroatoms. The molecule has 0 aliphatic heterocycles. The highest BCUT2D eigenvalue weighted by Gasteiger charge is 2.22. The lowest BCUT2D eigenvalue weighted by Crippen LogP contribution is -2.20. The summed E-state index contributed by atoms with van der Waals surface area (Å²) in [5.41, 5.74) is 1.44. The van der Waals surface area contributed by atoms with Gasteiger partial charge in [0.25, 0.3) is 5.56 Å². The molecule has 2 aromatic heterocycles. The number of nitrogens with zero attached hydrogens (tertiary/aromatic N) is 3. The second-order valence-electron chi connectivity index (χ2n) is 6.62. The van der Waals surface area contributed by atoms with Gasteiger partial charge >= 0.3 is 5.97 Å². The van der Waals surface area contributed by atoms with Gasteiger partial charge in [0.05, 0.1) is 51.4 Å². The van der Waals surface area contributed by atoms with Crippen molar-refractivity contribution in [1.29, 1.82) is 0 Å². The number of aromatic nitrogens is 3. The lowest BCUT2D eigenvalue weighted by Gasteiger charge is -2.02. The van der Waals surface area contributed by atoms with Gasteiger partial charge in [-0.15, -0.1) is 0 Å². The number of methoxy groups -OCH3 is 1. The van der Waals surface area contributed by atoms with Crippen molar-refractivity contribution >= 4 is 50.5 Å². The number of ether oxygens (including phenoxy) is 1. The van der Waals surface area contributed by atoms with Crippen LogP contribution in [0.1, 0.15) is 18.2 Å². The minimum absolute atomic E-state index is 0.0252. The van der Waals surface area contributed by atoms with Gasteiger partial charge in [0.15, 0.2) is 0 Å². The minimum atomic E-state index is -0.619. The van der Waals surface area contributed by atoms with Crippen molar-refractivity contribution < 1.29 is 13.9 Å². The van der Waals surface area contributed by atoms with E-state index in [-0.39, 0.29) is 22.7 Å². The molecule has 2 aromatic carbocycles. The first-order valence-corrected chi connectivity index (χ1v) is 10.3. The van der Waals surface area contributed by atoms with Gasteiger partial charge in [0.1, 0.15) is 5.82 Å². The van der Waals surface area contributed by atoms with Crippen LogP contribution in [0.3, 0.4) is 0 Å². The van der Waals surface area contributed by atoms with E-state index in [1.165, 1.54) is 41.3 Å². The maximum Gasteiger partial charge on any atom is 0.311 e. The molecule has 2 heterocycles. The summed E-state index contributed by atoms with van der Waals surface area (Å²) in [6.07, 6.45) is -0.166. The maximum atomic E-state index is 13.8. The quantitative estimate of drug-likeness (QED) is 0.354. The number of fused-ring (bicyclic) bond motifs is 1. The van der Waals surface area contributed by atoms with Gasteiger partial charge in [0, 0.05) is 6.07 Å². The van der Waals surface area contributed by atoms with E-state index < -0.39 is 17.3 Å². The number of benzene rings is 2. The number of carbonyl (C=O) groups excluding carboxylic acids is 1. The predicted octanol–water partition coefficient (Wildman–Crippen LogP) is 4.42. The summed E-state index contributed by atoms with van der Waals surface area (Å²) < 4.78 is 20.7. The predicted molar refractivity (Wildman–Crippen MR) is 119 cm³/mol. The van der Waals surface area contributed by atoms with Crippen molar-refractivity contribution in [1.82, 2.24) is 14.8 Å². The van der Waals surface area contributed by atoms with Crippen LogP contribution in [0, 0.1) is 5.82 Å². The van der Waals surface area contributed by atoms with Gasteiger partial charge in [0.2, 0.25) is 5.13 Å². The molecule has 0 bridgehead atoms. The van der Waals surface area contributed by atoms with Crippen molar-refractivity contribution in [3.63, 3.8) is 0 Å². The van der Waals surface area contributed by atoms with Crippen LogP contribution in [0.5, 0.6) is 0 Å². The van der Waals surface area contributed by atoms with Crippen LogP contribution in [-0.2, 0) is 16.0 Å².